The van der Waals surface area contributed by atoms with E-state index in [1.165, 1.54) is 6.08 Å². The van der Waals surface area contributed by atoms with Crippen molar-refractivity contribution in [1.82, 2.24) is 30.5 Å². The van der Waals surface area contributed by atoms with Gasteiger partial charge in [0.15, 0.2) is 22.5 Å². The van der Waals surface area contributed by atoms with Crippen LogP contribution < -0.4 is 27.0 Å². The number of amides is 2. The molecule has 0 aliphatic carbocycles. The van der Waals surface area contributed by atoms with E-state index in [1.54, 1.807) is 12.4 Å². The van der Waals surface area contributed by atoms with Crippen LogP contribution in [0.1, 0.15) is 53.2 Å². The highest BCUT2D eigenvalue weighted by molar-refractivity contribution is 6.31. The third-order valence-electron chi connectivity index (χ3n) is 8.61. The minimum Gasteiger partial charge on any atom is -0.382 e. The fraction of sp³-hybridized carbons (Fsp3) is 0.355. The third-order valence-corrected chi connectivity index (χ3v) is 8.88. The number of nitrogen functional groups attached to an aromatic ring is 2. The molecule has 2 fully saturated rings. The Morgan fingerprint density at radius 1 is 1.09 bits per heavy atom. The molecule has 12 nitrogen and oxygen atoms in total. The van der Waals surface area contributed by atoms with Crippen molar-refractivity contribution in [3.8, 4) is 0 Å². The second-order valence-corrected chi connectivity index (χ2v) is 11.8. The van der Waals surface area contributed by atoms with Gasteiger partial charge in [-0.15, -0.1) is 0 Å². The molecule has 0 bridgehead atoms. The molecule has 1 spiro atoms. The standard InChI is InChI=1S/C31H34ClN9O3/c32-27-29(34)38-28(33)26(37-27)23(42)16-24-36-18-31(39-24)9-13-40(14-10-31)25(43)8-4-12-41-22-7-2-1-6-20(22)21(30(41)44)15-19-5-3-11-35-17-19/h1-3,5-7,11,16-17,21,36,39H,4,8-10,12-15,18H2,(H4,33,34,38)/b24-16+. The Hall–Kier alpha value is -4.71. The summed E-state index contributed by atoms with van der Waals surface area (Å²) in [4.78, 5) is 55.1. The topological polar surface area (TPSA) is 172 Å². The lowest BCUT2D eigenvalue weighted by Crippen LogP contribution is -2.53. The van der Waals surface area contributed by atoms with Crippen molar-refractivity contribution in [1.29, 1.82) is 0 Å². The van der Waals surface area contributed by atoms with Gasteiger partial charge < -0.3 is 31.9 Å². The molecule has 2 saturated heterocycles. The molecule has 2 amide bonds. The van der Waals surface area contributed by atoms with Crippen molar-refractivity contribution in [2.24, 2.45) is 0 Å². The number of nitrogens with one attached hydrogen (secondary N) is 2. The van der Waals surface area contributed by atoms with Crippen LogP contribution in [0.5, 0.6) is 0 Å². The van der Waals surface area contributed by atoms with Crippen LogP contribution in [0.4, 0.5) is 17.3 Å². The van der Waals surface area contributed by atoms with Crippen molar-refractivity contribution in [2.45, 2.75) is 43.6 Å². The van der Waals surface area contributed by atoms with Crippen molar-refractivity contribution in [3.05, 3.63) is 82.7 Å². The molecule has 3 aliphatic rings. The van der Waals surface area contributed by atoms with E-state index >= 15 is 0 Å². The van der Waals surface area contributed by atoms with Gasteiger partial charge in [0.1, 0.15) is 5.82 Å². The summed E-state index contributed by atoms with van der Waals surface area (Å²) in [7, 11) is 0. The number of benzene rings is 1. The van der Waals surface area contributed by atoms with Gasteiger partial charge in [0.05, 0.1) is 11.5 Å². The molecule has 228 valence electrons. The molecule has 0 saturated carbocycles. The van der Waals surface area contributed by atoms with Gasteiger partial charge in [-0.25, -0.2) is 9.97 Å². The van der Waals surface area contributed by atoms with Crippen LogP contribution in [-0.2, 0) is 16.0 Å². The number of likely N-dealkylation sites (tertiary alicyclic amines) is 1. The molecule has 2 aromatic heterocycles. The maximum Gasteiger partial charge on any atom is 0.234 e. The molecular formula is C31H34ClN9O3. The number of fused-ring (bicyclic) bond motifs is 1. The smallest absolute Gasteiger partial charge is 0.234 e. The number of hydrogen-bond acceptors (Lipinski definition) is 10. The van der Waals surface area contributed by atoms with Gasteiger partial charge in [0, 0.05) is 56.8 Å². The average molecular weight is 616 g/mol. The Bertz CT molecular complexity index is 1620. The zero-order valence-electron chi connectivity index (χ0n) is 24.1. The summed E-state index contributed by atoms with van der Waals surface area (Å²) < 4.78 is 0. The molecule has 5 heterocycles. The summed E-state index contributed by atoms with van der Waals surface area (Å²) >= 11 is 5.92. The van der Waals surface area contributed by atoms with Crippen molar-refractivity contribution >= 4 is 46.5 Å². The number of carbonyl (C=O) groups excluding carboxylic acids is 3. The highest BCUT2D eigenvalue weighted by atomic mass is 35.5. The van der Waals surface area contributed by atoms with E-state index in [9.17, 15) is 14.4 Å². The highest BCUT2D eigenvalue weighted by Crippen LogP contribution is 2.39. The fourth-order valence-electron chi connectivity index (χ4n) is 6.23. The van der Waals surface area contributed by atoms with Crippen molar-refractivity contribution in [3.63, 3.8) is 0 Å². The maximum absolute atomic E-state index is 13.5. The first-order valence-electron chi connectivity index (χ1n) is 14.7. The Morgan fingerprint density at radius 2 is 1.89 bits per heavy atom. The minimum absolute atomic E-state index is 0.0361. The number of pyridine rings is 1. The van der Waals surface area contributed by atoms with Gasteiger partial charge in [-0.05, 0) is 48.9 Å². The SMILES string of the molecule is Nc1nc(N)c(C(=O)/C=C2\NCC3(CCN(C(=O)CCCN4C(=O)C(Cc5cccnc5)c5ccccc54)CC3)N2)nc1Cl. The number of piperidine rings is 1. The first-order valence-corrected chi connectivity index (χ1v) is 15.0. The molecule has 1 atom stereocenters. The summed E-state index contributed by atoms with van der Waals surface area (Å²) in [6.45, 7) is 2.30. The van der Waals surface area contributed by atoms with Gasteiger partial charge in [0.25, 0.3) is 0 Å². The molecule has 3 aromatic rings. The summed E-state index contributed by atoms with van der Waals surface area (Å²) in [5.41, 5.74) is 14.1. The molecule has 6 N–H and O–H groups in total. The number of allylic oxidation sites excluding steroid dienone is 1. The van der Waals surface area contributed by atoms with Crippen LogP contribution in [0.2, 0.25) is 5.15 Å². The number of carbonyl (C=O) groups is 3. The first kappa shape index (κ1) is 29.4. The summed E-state index contributed by atoms with van der Waals surface area (Å²) in [5.74, 6) is -0.111. The number of nitrogens with zero attached hydrogens (tertiary/aromatic N) is 5. The zero-order valence-corrected chi connectivity index (χ0v) is 24.9. The van der Waals surface area contributed by atoms with Crippen molar-refractivity contribution in [2.75, 3.05) is 42.5 Å². The van der Waals surface area contributed by atoms with Crippen molar-refractivity contribution < 1.29 is 14.4 Å². The molecule has 13 heteroatoms. The Labute approximate surface area is 259 Å². The minimum atomic E-state index is -0.445. The second kappa shape index (κ2) is 12.1. The fourth-order valence-corrected chi connectivity index (χ4v) is 6.36. The van der Waals surface area contributed by atoms with E-state index in [2.05, 4.69) is 25.6 Å². The Balaban J connectivity index is 1.00. The molecule has 1 unspecified atom stereocenters. The predicted molar refractivity (Wildman–Crippen MR) is 167 cm³/mol. The number of nitrogens with two attached hydrogens (primary N) is 2. The predicted octanol–water partition coefficient (Wildman–Crippen LogP) is 2.42. The lowest BCUT2D eigenvalue weighted by atomic mass is 9.88. The van der Waals surface area contributed by atoms with E-state index in [4.69, 9.17) is 23.1 Å². The molecule has 3 aliphatic heterocycles. The number of aromatic nitrogens is 3. The Kier molecular flexibility index (Phi) is 8.09. The number of hydrogen-bond donors (Lipinski definition) is 4. The van der Waals surface area contributed by atoms with Gasteiger partial charge in [0.2, 0.25) is 17.6 Å². The lowest BCUT2D eigenvalue weighted by molar-refractivity contribution is -0.133. The normalized spacial score (nSPS) is 19.6. The van der Waals surface area contributed by atoms with Gasteiger partial charge in [-0.2, -0.15) is 0 Å². The number of ketones is 1. The number of rotatable bonds is 8. The summed E-state index contributed by atoms with van der Waals surface area (Å²) in [5, 5.41) is 6.59. The van der Waals surface area contributed by atoms with Gasteiger partial charge in [-0.3, -0.25) is 19.4 Å². The number of halogens is 1. The second-order valence-electron chi connectivity index (χ2n) is 11.5. The number of para-hydroxylation sites is 1. The summed E-state index contributed by atoms with van der Waals surface area (Å²) in [6, 6.07) is 11.8. The highest BCUT2D eigenvalue weighted by Gasteiger charge is 2.40. The molecule has 1 aromatic carbocycles. The van der Waals surface area contributed by atoms with E-state index in [1.807, 2.05) is 46.2 Å². The van der Waals surface area contributed by atoms with Crippen LogP contribution in [0.15, 0.2) is 60.7 Å². The van der Waals surface area contributed by atoms with Gasteiger partial charge in [-0.1, -0.05) is 35.9 Å². The largest absolute Gasteiger partial charge is 0.382 e. The maximum atomic E-state index is 13.5. The molecule has 44 heavy (non-hydrogen) atoms. The molecule has 0 radical (unpaired) electrons. The van der Waals surface area contributed by atoms with E-state index < -0.39 is 5.78 Å². The van der Waals surface area contributed by atoms with Crippen LogP contribution in [0.25, 0.3) is 0 Å². The first-order chi connectivity index (χ1) is 21.2. The average Bonchev–Trinajstić information content (AvgIpc) is 3.53. The summed E-state index contributed by atoms with van der Waals surface area (Å²) in [6.07, 6.45) is 7.91. The van der Waals surface area contributed by atoms with Crippen LogP contribution in [0.3, 0.4) is 0 Å². The van der Waals surface area contributed by atoms with E-state index in [0.717, 1.165) is 29.7 Å². The van der Waals surface area contributed by atoms with Gasteiger partial charge >= 0.3 is 0 Å². The number of anilines is 3. The Morgan fingerprint density at radius 3 is 2.66 bits per heavy atom. The van der Waals surface area contributed by atoms with Crippen LogP contribution in [0, 0.1) is 0 Å². The van der Waals surface area contributed by atoms with E-state index in [-0.39, 0.29) is 45.8 Å². The van der Waals surface area contributed by atoms with Crippen LogP contribution in [-0.4, -0.2) is 69.2 Å². The molecule has 6 rings (SSSR count). The zero-order chi connectivity index (χ0) is 30.8. The lowest BCUT2D eigenvalue weighted by Gasteiger charge is -2.39. The third kappa shape index (κ3) is 5.89. The van der Waals surface area contributed by atoms with E-state index in [0.29, 0.717) is 51.3 Å². The quantitative estimate of drug-likeness (QED) is 0.218. The van der Waals surface area contributed by atoms with Crippen LogP contribution >= 0.6 is 11.6 Å². The monoisotopic (exact) mass is 615 g/mol. The molecular weight excluding hydrogens is 582 g/mol.